The van der Waals surface area contributed by atoms with E-state index in [9.17, 15) is 0 Å². The highest BCUT2D eigenvalue weighted by Crippen LogP contribution is 2.27. The van der Waals surface area contributed by atoms with Gasteiger partial charge in [-0.15, -0.1) is 0 Å². The number of benzene rings is 2. The van der Waals surface area contributed by atoms with Crippen molar-refractivity contribution in [3.05, 3.63) is 77.1 Å². The number of anilines is 1. The first-order chi connectivity index (χ1) is 12.7. The molecule has 2 aromatic carbocycles. The number of nitrogens with zero attached hydrogens (tertiary/aromatic N) is 3. The normalized spacial score (nSPS) is 11.4. The van der Waals surface area contributed by atoms with Crippen LogP contribution in [0.3, 0.4) is 0 Å². The number of aromatic nitrogens is 2. The fourth-order valence-corrected chi connectivity index (χ4v) is 2.79. The van der Waals surface area contributed by atoms with E-state index in [0.717, 1.165) is 16.8 Å². The summed E-state index contributed by atoms with van der Waals surface area (Å²) >= 11 is 6.12. The van der Waals surface area contributed by atoms with Crippen LogP contribution in [0.15, 0.2) is 65.9 Å². The van der Waals surface area contributed by atoms with Crippen molar-refractivity contribution < 1.29 is 4.74 Å². The molecule has 3 aromatic rings. The van der Waals surface area contributed by atoms with Gasteiger partial charge in [-0.05, 0) is 35.4 Å². The quantitative estimate of drug-likeness (QED) is 0.514. The second-order valence-corrected chi connectivity index (χ2v) is 6.06. The van der Waals surface area contributed by atoms with Crippen molar-refractivity contribution >= 4 is 23.2 Å². The summed E-state index contributed by atoms with van der Waals surface area (Å²) in [4.78, 5) is 4.43. The summed E-state index contributed by atoms with van der Waals surface area (Å²) in [5, 5.41) is 7.80. The number of rotatable bonds is 6. The minimum atomic E-state index is 0.320. The van der Waals surface area contributed by atoms with E-state index >= 15 is 0 Å². The van der Waals surface area contributed by atoms with E-state index < -0.39 is 0 Å². The zero-order valence-electron chi connectivity index (χ0n) is 14.4. The lowest BCUT2D eigenvalue weighted by Crippen LogP contribution is -2.22. The van der Waals surface area contributed by atoms with Gasteiger partial charge in [0.25, 0.3) is 0 Å². The van der Waals surface area contributed by atoms with Gasteiger partial charge in [-0.1, -0.05) is 35.9 Å². The third kappa shape index (κ3) is 4.55. The van der Waals surface area contributed by atoms with Crippen molar-refractivity contribution in [2.75, 3.05) is 12.4 Å². The molecule has 0 fully saturated rings. The SMILES string of the molecule is COc1ccc(NC(N)=NCc2ccccc2Cn2cccn2)cc1Cl. The first-order valence-corrected chi connectivity index (χ1v) is 8.48. The Balaban J connectivity index is 1.68. The molecule has 0 saturated carbocycles. The van der Waals surface area contributed by atoms with Crippen molar-refractivity contribution in [2.45, 2.75) is 13.1 Å². The lowest BCUT2D eigenvalue weighted by molar-refractivity contribution is 0.415. The maximum Gasteiger partial charge on any atom is 0.193 e. The summed E-state index contributed by atoms with van der Waals surface area (Å²) in [6.07, 6.45) is 3.70. The van der Waals surface area contributed by atoms with Crippen molar-refractivity contribution in [1.82, 2.24) is 9.78 Å². The summed E-state index contributed by atoms with van der Waals surface area (Å²) in [7, 11) is 1.57. The van der Waals surface area contributed by atoms with E-state index in [0.29, 0.717) is 29.8 Å². The van der Waals surface area contributed by atoms with Crippen LogP contribution in [0.2, 0.25) is 5.02 Å². The molecule has 6 nitrogen and oxygen atoms in total. The second kappa shape index (κ2) is 8.40. The molecule has 0 aliphatic heterocycles. The molecule has 3 N–H and O–H groups in total. The summed E-state index contributed by atoms with van der Waals surface area (Å²) in [5.74, 6) is 0.931. The van der Waals surface area contributed by atoms with E-state index in [1.165, 1.54) is 0 Å². The van der Waals surface area contributed by atoms with Crippen LogP contribution in [-0.4, -0.2) is 22.8 Å². The Labute approximate surface area is 157 Å². The first-order valence-electron chi connectivity index (χ1n) is 8.10. The molecular formula is C19H20ClN5O. The van der Waals surface area contributed by atoms with E-state index in [1.807, 2.05) is 41.2 Å². The monoisotopic (exact) mass is 369 g/mol. The van der Waals surface area contributed by atoms with Gasteiger partial charge >= 0.3 is 0 Å². The molecule has 0 bridgehead atoms. The van der Waals surface area contributed by atoms with E-state index in [4.69, 9.17) is 22.1 Å². The van der Waals surface area contributed by atoms with Gasteiger partial charge in [-0.3, -0.25) is 4.68 Å². The number of methoxy groups -OCH3 is 1. The topological polar surface area (TPSA) is 77.5 Å². The molecule has 7 heteroatoms. The molecule has 26 heavy (non-hydrogen) atoms. The maximum absolute atomic E-state index is 6.12. The predicted octanol–water partition coefficient (Wildman–Crippen LogP) is 3.52. The van der Waals surface area contributed by atoms with Crippen LogP contribution in [0, 0.1) is 0 Å². The summed E-state index contributed by atoms with van der Waals surface area (Å²) in [5.41, 5.74) is 9.01. The molecule has 0 unspecified atom stereocenters. The Hall–Kier alpha value is -2.99. The van der Waals surface area contributed by atoms with Gasteiger partial charge in [0, 0.05) is 18.1 Å². The summed E-state index contributed by atoms with van der Waals surface area (Å²) < 4.78 is 7.02. The summed E-state index contributed by atoms with van der Waals surface area (Å²) in [6, 6.07) is 15.4. The van der Waals surface area contributed by atoms with Gasteiger partial charge in [-0.25, -0.2) is 4.99 Å². The van der Waals surface area contributed by atoms with Gasteiger partial charge in [0.2, 0.25) is 0 Å². The molecule has 0 amide bonds. The van der Waals surface area contributed by atoms with Crippen molar-refractivity contribution in [1.29, 1.82) is 0 Å². The Morgan fingerprint density at radius 2 is 2.04 bits per heavy atom. The molecule has 0 atom stereocenters. The number of hydrogen-bond donors (Lipinski definition) is 2. The van der Waals surface area contributed by atoms with Gasteiger partial charge in [-0.2, -0.15) is 5.10 Å². The molecule has 0 saturated heterocycles. The Morgan fingerprint density at radius 3 is 2.73 bits per heavy atom. The minimum Gasteiger partial charge on any atom is -0.495 e. The highest BCUT2D eigenvalue weighted by Gasteiger charge is 2.05. The van der Waals surface area contributed by atoms with Crippen molar-refractivity contribution in [3.8, 4) is 5.75 Å². The molecule has 0 spiro atoms. The molecule has 0 radical (unpaired) electrons. The zero-order chi connectivity index (χ0) is 18.4. The Bertz CT molecular complexity index is 893. The third-order valence-corrected chi connectivity index (χ3v) is 4.15. The number of nitrogens with two attached hydrogens (primary N) is 1. The largest absolute Gasteiger partial charge is 0.495 e. The fourth-order valence-electron chi connectivity index (χ4n) is 2.54. The lowest BCUT2D eigenvalue weighted by Gasteiger charge is -2.10. The minimum absolute atomic E-state index is 0.320. The maximum atomic E-state index is 6.12. The van der Waals surface area contributed by atoms with Crippen LogP contribution in [-0.2, 0) is 13.1 Å². The first kappa shape index (κ1) is 17.8. The van der Waals surface area contributed by atoms with Crippen LogP contribution in [0.5, 0.6) is 5.75 Å². The number of nitrogens with one attached hydrogen (secondary N) is 1. The number of halogens is 1. The van der Waals surface area contributed by atoms with Crippen molar-refractivity contribution in [3.63, 3.8) is 0 Å². The van der Waals surface area contributed by atoms with Crippen LogP contribution in [0.25, 0.3) is 0 Å². The van der Waals surface area contributed by atoms with Crippen LogP contribution < -0.4 is 15.8 Å². The lowest BCUT2D eigenvalue weighted by atomic mass is 10.1. The van der Waals surface area contributed by atoms with Crippen molar-refractivity contribution in [2.24, 2.45) is 10.7 Å². The number of guanidine groups is 1. The Kier molecular flexibility index (Phi) is 5.76. The molecule has 0 aliphatic carbocycles. The summed E-state index contributed by atoms with van der Waals surface area (Å²) in [6.45, 7) is 1.17. The fraction of sp³-hybridized carbons (Fsp3) is 0.158. The van der Waals surface area contributed by atoms with Crippen LogP contribution in [0.1, 0.15) is 11.1 Å². The average Bonchev–Trinajstić information content (AvgIpc) is 3.14. The third-order valence-electron chi connectivity index (χ3n) is 3.85. The van der Waals surface area contributed by atoms with Gasteiger partial charge in [0.05, 0.1) is 25.2 Å². The molecule has 134 valence electrons. The molecule has 1 aromatic heterocycles. The van der Waals surface area contributed by atoms with Gasteiger partial charge < -0.3 is 15.8 Å². The zero-order valence-corrected chi connectivity index (χ0v) is 15.1. The van der Waals surface area contributed by atoms with E-state index in [2.05, 4.69) is 21.5 Å². The average molecular weight is 370 g/mol. The van der Waals surface area contributed by atoms with Gasteiger partial charge in [0.1, 0.15) is 5.75 Å². The van der Waals surface area contributed by atoms with Gasteiger partial charge in [0.15, 0.2) is 5.96 Å². The second-order valence-electron chi connectivity index (χ2n) is 5.65. The van der Waals surface area contributed by atoms with Crippen LogP contribution in [0.4, 0.5) is 5.69 Å². The number of aliphatic imine (C=N–C) groups is 1. The molecule has 0 aliphatic rings. The smallest absolute Gasteiger partial charge is 0.193 e. The van der Waals surface area contributed by atoms with E-state index in [-0.39, 0.29) is 0 Å². The number of ether oxygens (including phenoxy) is 1. The predicted molar refractivity (Wildman–Crippen MR) is 105 cm³/mol. The molecule has 3 rings (SSSR count). The molecule has 1 heterocycles. The van der Waals surface area contributed by atoms with E-state index in [1.54, 1.807) is 25.4 Å². The number of hydrogen-bond acceptors (Lipinski definition) is 3. The highest BCUT2D eigenvalue weighted by atomic mass is 35.5. The Morgan fingerprint density at radius 1 is 1.23 bits per heavy atom. The molecular weight excluding hydrogens is 350 g/mol. The standard InChI is InChI=1S/C19H20ClN5O/c1-26-18-8-7-16(11-17(18)20)24-19(21)22-12-14-5-2-3-6-15(14)13-25-10-4-9-23-25/h2-11H,12-13H2,1H3,(H3,21,22,24). The van der Waals surface area contributed by atoms with Crippen LogP contribution >= 0.6 is 11.6 Å². The highest BCUT2D eigenvalue weighted by molar-refractivity contribution is 6.32.